The Bertz CT molecular complexity index is 592. The summed E-state index contributed by atoms with van der Waals surface area (Å²) in [6, 6.07) is 3.66. The minimum absolute atomic E-state index is 0.0694. The standard InChI is InChI=1S/C12H11ClF3N3/c1-7-4-5-19(18-7)10-6-8(13)2-3-9(10)11(17)12(14,15)16/h2-6,11H,17H2,1H3. The molecule has 1 atom stereocenters. The number of alkyl halides is 3. The molecule has 7 heteroatoms. The first-order valence-corrected chi connectivity index (χ1v) is 5.81. The normalized spacial score (nSPS) is 13.6. The summed E-state index contributed by atoms with van der Waals surface area (Å²) in [4.78, 5) is 0. The molecule has 0 radical (unpaired) electrons. The molecule has 0 fully saturated rings. The van der Waals surface area contributed by atoms with Crippen LogP contribution in [-0.4, -0.2) is 16.0 Å². The van der Waals surface area contributed by atoms with Crippen molar-refractivity contribution in [1.29, 1.82) is 0 Å². The zero-order valence-corrected chi connectivity index (χ0v) is 10.7. The smallest absolute Gasteiger partial charge is 0.316 e. The van der Waals surface area contributed by atoms with Crippen LogP contribution in [0.1, 0.15) is 17.3 Å². The Morgan fingerprint density at radius 1 is 1.32 bits per heavy atom. The van der Waals surface area contributed by atoms with Gasteiger partial charge in [0.2, 0.25) is 0 Å². The summed E-state index contributed by atoms with van der Waals surface area (Å²) >= 11 is 5.83. The minimum atomic E-state index is -4.52. The lowest BCUT2D eigenvalue weighted by atomic mass is 10.1. The minimum Gasteiger partial charge on any atom is -0.316 e. The molecule has 1 heterocycles. The highest BCUT2D eigenvalue weighted by Crippen LogP contribution is 2.34. The molecule has 2 rings (SSSR count). The van der Waals surface area contributed by atoms with Crippen LogP contribution >= 0.6 is 11.6 Å². The maximum Gasteiger partial charge on any atom is 0.407 e. The van der Waals surface area contributed by atoms with Crippen molar-refractivity contribution in [2.24, 2.45) is 5.73 Å². The number of hydrogen-bond donors (Lipinski definition) is 1. The van der Waals surface area contributed by atoms with Gasteiger partial charge in [0.25, 0.3) is 0 Å². The summed E-state index contributed by atoms with van der Waals surface area (Å²) in [6.07, 6.45) is -2.96. The molecule has 2 aromatic rings. The number of rotatable bonds is 2. The monoisotopic (exact) mass is 289 g/mol. The second-order valence-electron chi connectivity index (χ2n) is 4.12. The molecular weight excluding hydrogens is 279 g/mol. The molecule has 0 spiro atoms. The van der Waals surface area contributed by atoms with Gasteiger partial charge in [0.15, 0.2) is 0 Å². The summed E-state index contributed by atoms with van der Waals surface area (Å²) in [5.41, 5.74) is 6.10. The van der Waals surface area contributed by atoms with Gasteiger partial charge in [0, 0.05) is 16.8 Å². The molecule has 0 aliphatic heterocycles. The fourth-order valence-electron chi connectivity index (χ4n) is 1.70. The first-order valence-electron chi connectivity index (χ1n) is 5.43. The Kier molecular flexibility index (Phi) is 3.56. The molecular formula is C12H11ClF3N3. The van der Waals surface area contributed by atoms with E-state index in [4.69, 9.17) is 17.3 Å². The molecule has 2 N–H and O–H groups in total. The Morgan fingerprint density at radius 3 is 2.53 bits per heavy atom. The second kappa shape index (κ2) is 4.86. The zero-order valence-electron chi connectivity index (χ0n) is 9.95. The first-order chi connectivity index (χ1) is 8.79. The molecule has 0 aliphatic rings. The molecule has 1 unspecified atom stereocenters. The van der Waals surface area contributed by atoms with E-state index < -0.39 is 12.2 Å². The number of nitrogens with zero attached hydrogens (tertiary/aromatic N) is 2. The van der Waals surface area contributed by atoms with E-state index in [0.717, 1.165) is 0 Å². The third-order valence-corrected chi connectivity index (χ3v) is 2.88. The van der Waals surface area contributed by atoms with E-state index in [1.165, 1.54) is 22.9 Å². The molecule has 0 bridgehead atoms. The molecule has 19 heavy (non-hydrogen) atoms. The van der Waals surface area contributed by atoms with E-state index in [1.807, 2.05) is 0 Å². The molecule has 0 saturated carbocycles. The average molecular weight is 290 g/mol. The summed E-state index contributed by atoms with van der Waals surface area (Å²) in [7, 11) is 0. The van der Waals surface area contributed by atoms with Gasteiger partial charge in [-0.3, -0.25) is 0 Å². The van der Waals surface area contributed by atoms with E-state index in [-0.39, 0.29) is 11.3 Å². The maximum atomic E-state index is 12.7. The van der Waals surface area contributed by atoms with E-state index in [0.29, 0.717) is 10.7 Å². The van der Waals surface area contributed by atoms with Gasteiger partial charge in [-0.15, -0.1) is 0 Å². The number of benzene rings is 1. The number of hydrogen-bond acceptors (Lipinski definition) is 2. The van der Waals surface area contributed by atoms with Crippen molar-refractivity contribution in [2.45, 2.75) is 19.1 Å². The predicted molar refractivity (Wildman–Crippen MR) is 66.3 cm³/mol. The molecule has 0 saturated heterocycles. The quantitative estimate of drug-likeness (QED) is 0.921. The summed E-state index contributed by atoms with van der Waals surface area (Å²) in [5.74, 6) is 0. The van der Waals surface area contributed by atoms with Crippen molar-refractivity contribution in [3.63, 3.8) is 0 Å². The van der Waals surface area contributed by atoms with Crippen LogP contribution in [0.4, 0.5) is 13.2 Å². The third kappa shape index (κ3) is 2.90. The third-order valence-electron chi connectivity index (χ3n) is 2.65. The molecule has 1 aromatic heterocycles. The van der Waals surface area contributed by atoms with Gasteiger partial charge in [0.1, 0.15) is 6.04 Å². The molecule has 0 amide bonds. The van der Waals surface area contributed by atoms with Crippen LogP contribution in [0.5, 0.6) is 0 Å². The van der Waals surface area contributed by atoms with Gasteiger partial charge < -0.3 is 5.73 Å². The van der Waals surface area contributed by atoms with Gasteiger partial charge in [-0.1, -0.05) is 17.7 Å². The average Bonchev–Trinajstić information content (AvgIpc) is 2.73. The predicted octanol–water partition coefficient (Wildman–Crippen LogP) is 3.40. The second-order valence-corrected chi connectivity index (χ2v) is 4.56. The highest BCUT2D eigenvalue weighted by atomic mass is 35.5. The molecule has 3 nitrogen and oxygen atoms in total. The largest absolute Gasteiger partial charge is 0.407 e. The topological polar surface area (TPSA) is 43.8 Å². The Balaban J connectivity index is 2.56. The lowest BCUT2D eigenvalue weighted by molar-refractivity contribution is -0.149. The lowest BCUT2D eigenvalue weighted by Crippen LogP contribution is -2.29. The van der Waals surface area contributed by atoms with Crippen LogP contribution < -0.4 is 5.73 Å². The summed E-state index contributed by atoms with van der Waals surface area (Å²) in [6.45, 7) is 1.74. The van der Waals surface area contributed by atoms with Crippen LogP contribution in [0.2, 0.25) is 5.02 Å². The fourth-order valence-corrected chi connectivity index (χ4v) is 1.87. The number of aryl methyl sites for hydroxylation is 1. The number of aromatic nitrogens is 2. The maximum absolute atomic E-state index is 12.7. The molecule has 102 valence electrons. The zero-order chi connectivity index (χ0) is 14.2. The van der Waals surface area contributed by atoms with Gasteiger partial charge in [-0.2, -0.15) is 18.3 Å². The van der Waals surface area contributed by atoms with Crippen LogP contribution in [0.3, 0.4) is 0 Å². The van der Waals surface area contributed by atoms with Crippen molar-refractivity contribution in [2.75, 3.05) is 0 Å². The Morgan fingerprint density at radius 2 is 2.00 bits per heavy atom. The molecule has 1 aromatic carbocycles. The van der Waals surface area contributed by atoms with Gasteiger partial charge >= 0.3 is 6.18 Å². The van der Waals surface area contributed by atoms with E-state index in [2.05, 4.69) is 5.10 Å². The summed E-state index contributed by atoms with van der Waals surface area (Å²) < 4.78 is 39.6. The van der Waals surface area contributed by atoms with Crippen LogP contribution in [-0.2, 0) is 0 Å². The van der Waals surface area contributed by atoms with Gasteiger partial charge in [0.05, 0.1) is 11.4 Å². The number of nitrogens with two attached hydrogens (primary N) is 1. The van der Waals surface area contributed by atoms with Crippen molar-refractivity contribution in [1.82, 2.24) is 9.78 Å². The Hall–Kier alpha value is -1.53. The van der Waals surface area contributed by atoms with Crippen LogP contribution in [0.15, 0.2) is 30.5 Å². The highest BCUT2D eigenvalue weighted by Gasteiger charge is 2.39. The fraction of sp³-hybridized carbons (Fsp3) is 0.250. The molecule has 0 aliphatic carbocycles. The summed E-state index contributed by atoms with van der Waals surface area (Å²) in [5, 5.41) is 4.40. The lowest BCUT2D eigenvalue weighted by Gasteiger charge is -2.19. The van der Waals surface area contributed by atoms with E-state index >= 15 is 0 Å². The van der Waals surface area contributed by atoms with Crippen molar-refractivity contribution in [3.05, 3.63) is 46.7 Å². The first kappa shape index (κ1) is 13.9. The van der Waals surface area contributed by atoms with Crippen molar-refractivity contribution < 1.29 is 13.2 Å². The van der Waals surface area contributed by atoms with Crippen LogP contribution in [0, 0.1) is 6.92 Å². The highest BCUT2D eigenvalue weighted by molar-refractivity contribution is 6.30. The van der Waals surface area contributed by atoms with E-state index in [1.54, 1.807) is 19.2 Å². The Labute approximate surface area is 112 Å². The van der Waals surface area contributed by atoms with Gasteiger partial charge in [-0.05, 0) is 25.1 Å². The van der Waals surface area contributed by atoms with Crippen molar-refractivity contribution >= 4 is 11.6 Å². The van der Waals surface area contributed by atoms with Crippen molar-refractivity contribution in [3.8, 4) is 5.69 Å². The van der Waals surface area contributed by atoms with E-state index in [9.17, 15) is 13.2 Å². The van der Waals surface area contributed by atoms with Crippen LogP contribution in [0.25, 0.3) is 5.69 Å². The SMILES string of the molecule is Cc1ccn(-c2cc(Cl)ccc2C(N)C(F)(F)F)n1. The van der Waals surface area contributed by atoms with Gasteiger partial charge in [-0.25, -0.2) is 4.68 Å². The number of halogens is 4.